The van der Waals surface area contributed by atoms with Crippen molar-refractivity contribution in [3.63, 3.8) is 0 Å². The third-order valence-electron chi connectivity index (χ3n) is 3.29. The van der Waals surface area contributed by atoms with Crippen molar-refractivity contribution in [3.05, 3.63) is 48.4 Å². The molecule has 2 atom stereocenters. The maximum Gasteiger partial charge on any atom is 0.0945 e. The molecule has 122 valence electrons. The molecule has 0 fully saturated rings. The molecule has 0 spiro atoms. The van der Waals surface area contributed by atoms with Gasteiger partial charge in [-0.3, -0.25) is 4.99 Å². The van der Waals surface area contributed by atoms with Gasteiger partial charge in [-0.15, -0.1) is 0 Å². The van der Waals surface area contributed by atoms with Gasteiger partial charge in [0.05, 0.1) is 12.7 Å². The Morgan fingerprint density at radius 3 is 2.95 bits per heavy atom. The second-order valence-electron chi connectivity index (χ2n) is 5.21. The van der Waals surface area contributed by atoms with Gasteiger partial charge in [0.2, 0.25) is 0 Å². The predicted octanol–water partition coefficient (Wildman–Crippen LogP) is 2.98. The van der Waals surface area contributed by atoms with Crippen LogP contribution in [0.4, 0.5) is 0 Å². The summed E-state index contributed by atoms with van der Waals surface area (Å²) in [6, 6.07) is 0. The molecular formula is C18H28N2O2. The summed E-state index contributed by atoms with van der Waals surface area (Å²) in [6.45, 7) is 9.36. The maximum atomic E-state index is 9.85. The SMILES string of the molecule is C=C/C=N\C1=CC=C(NCC(O)COCCC)C=CC1CC. The molecule has 1 aliphatic carbocycles. The first-order valence-corrected chi connectivity index (χ1v) is 7.96. The zero-order chi connectivity index (χ0) is 16.2. The number of allylic oxidation sites excluding steroid dienone is 5. The lowest BCUT2D eigenvalue weighted by Crippen LogP contribution is -2.29. The number of nitrogens with one attached hydrogen (secondary N) is 1. The quantitative estimate of drug-likeness (QED) is 0.482. The van der Waals surface area contributed by atoms with Crippen LogP contribution in [0.25, 0.3) is 0 Å². The summed E-state index contributed by atoms with van der Waals surface area (Å²) in [4.78, 5) is 4.42. The summed E-state index contributed by atoms with van der Waals surface area (Å²) in [5.74, 6) is 0.296. The van der Waals surface area contributed by atoms with E-state index in [2.05, 4.69) is 36.8 Å². The molecule has 0 saturated carbocycles. The summed E-state index contributed by atoms with van der Waals surface area (Å²) >= 11 is 0. The molecule has 0 radical (unpaired) electrons. The van der Waals surface area contributed by atoms with E-state index in [0.29, 0.717) is 25.7 Å². The van der Waals surface area contributed by atoms with Crippen LogP contribution in [-0.4, -0.2) is 37.2 Å². The van der Waals surface area contributed by atoms with Gasteiger partial charge in [-0.1, -0.05) is 32.6 Å². The largest absolute Gasteiger partial charge is 0.389 e. The number of aliphatic imine (C=N–C) groups is 1. The zero-order valence-electron chi connectivity index (χ0n) is 13.7. The first-order valence-electron chi connectivity index (χ1n) is 7.96. The molecule has 0 aliphatic heterocycles. The Morgan fingerprint density at radius 2 is 2.27 bits per heavy atom. The molecule has 0 heterocycles. The Labute approximate surface area is 134 Å². The van der Waals surface area contributed by atoms with E-state index in [0.717, 1.165) is 24.2 Å². The van der Waals surface area contributed by atoms with Crippen molar-refractivity contribution >= 4 is 6.21 Å². The van der Waals surface area contributed by atoms with Gasteiger partial charge in [-0.25, -0.2) is 0 Å². The van der Waals surface area contributed by atoms with Gasteiger partial charge in [0, 0.05) is 36.7 Å². The normalized spacial score (nSPS) is 19.5. The molecule has 2 N–H and O–H groups in total. The lowest BCUT2D eigenvalue weighted by atomic mass is 10.0. The summed E-state index contributed by atoms with van der Waals surface area (Å²) in [5, 5.41) is 13.1. The molecule has 0 saturated heterocycles. The van der Waals surface area contributed by atoms with E-state index >= 15 is 0 Å². The van der Waals surface area contributed by atoms with Crippen LogP contribution in [0.5, 0.6) is 0 Å². The van der Waals surface area contributed by atoms with Gasteiger partial charge in [0.15, 0.2) is 0 Å². The van der Waals surface area contributed by atoms with Crippen LogP contribution in [0.2, 0.25) is 0 Å². The second-order valence-corrected chi connectivity index (χ2v) is 5.21. The fourth-order valence-electron chi connectivity index (χ4n) is 2.07. The van der Waals surface area contributed by atoms with E-state index in [9.17, 15) is 5.11 Å². The highest BCUT2D eigenvalue weighted by Gasteiger charge is 2.10. The first-order chi connectivity index (χ1) is 10.7. The minimum atomic E-state index is -0.506. The highest BCUT2D eigenvalue weighted by atomic mass is 16.5. The van der Waals surface area contributed by atoms with E-state index in [-0.39, 0.29) is 0 Å². The van der Waals surface area contributed by atoms with Crippen molar-refractivity contribution in [1.82, 2.24) is 5.32 Å². The number of hydrogen-bond donors (Lipinski definition) is 2. The van der Waals surface area contributed by atoms with Crippen LogP contribution in [0.3, 0.4) is 0 Å². The molecule has 0 aromatic heterocycles. The maximum absolute atomic E-state index is 9.85. The van der Waals surface area contributed by atoms with Crippen molar-refractivity contribution in [2.45, 2.75) is 32.8 Å². The molecule has 22 heavy (non-hydrogen) atoms. The summed E-state index contributed by atoms with van der Waals surface area (Å²) in [7, 11) is 0. The van der Waals surface area contributed by atoms with Crippen molar-refractivity contribution in [1.29, 1.82) is 0 Å². The van der Waals surface area contributed by atoms with Gasteiger partial charge < -0.3 is 15.2 Å². The lowest BCUT2D eigenvalue weighted by Gasteiger charge is -2.13. The second kappa shape index (κ2) is 11.0. The molecular weight excluding hydrogens is 276 g/mol. The smallest absolute Gasteiger partial charge is 0.0945 e. The average Bonchev–Trinajstić information content (AvgIpc) is 2.73. The van der Waals surface area contributed by atoms with Crippen LogP contribution >= 0.6 is 0 Å². The van der Waals surface area contributed by atoms with Crippen LogP contribution in [0, 0.1) is 5.92 Å². The molecule has 1 aliphatic rings. The molecule has 0 aromatic carbocycles. The standard InChI is InChI=1S/C18H28N2O2/c1-4-11-19-18-10-9-16(8-7-15(18)6-3)20-13-17(21)14-22-12-5-2/h4,7-11,15,17,20-21H,1,5-6,12-14H2,2-3H3/b19-11-. The third kappa shape index (κ3) is 6.87. The van der Waals surface area contributed by atoms with Crippen molar-refractivity contribution in [3.8, 4) is 0 Å². The van der Waals surface area contributed by atoms with Crippen LogP contribution in [-0.2, 0) is 4.74 Å². The Morgan fingerprint density at radius 1 is 1.45 bits per heavy atom. The van der Waals surface area contributed by atoms with E-state index in [4.69, 9.17) is 4.74 Å². The summed E-state index contributed by atoms with van der Waals surface area (Å²) < 4.78 is 5.34. The van der Waals surface area contributed by atoms with E-state index < -0.39 is 6.10 Å². The predicted molar refractivity (Wildman–Crippen MR) is 92.9 cm³/mol. The molecule has 2 unspecified atom stereocenters. The molecule has 1 rings (SSSR count). The molecule has 0 aromatic rings. The lowest BCUT2D eigenvalue weighted by molar-refractivity contribution is 0.0386. The number of aliphatic hydroxyl groups is 1. The Bertz CT molecular complexity index is 450. The Hall–Kier alpha value is -1.65. The van der Waals surface area contributed by atoms with Gasteiger partial charge >= 0.3 is 0 Å². The monoisotopic (exact) mass is 304 g/mol. The first kappa shape index (κ1) is 18.4. The third-order valence-corrected chi connectivity index (χ3v) is 3.29. The van der Waals surface area contributed by atoms with Gasteiger partial charge in [-0.2, -0.15) is 0 Å². The highest BCUT2D eigenvalue weighted by Crippen LogP contribution is 2.21. The van der Waals surface area contributed by atoms with E-state index in [1.165, 1.54) is 0 Å². The number of nitrogens with zero attached hydrogens (tertiary/aromatic N) is 1. The van der Waals surface area contributed by atoms with Crippen LogP contribution < -0.4 is 5.32 Å². The minimum absolute atomic E-state index is 0.296. The Kier molecular flexibility index (Phi) is 9.19. The number of rotatable bonds is 10. The number of ether oxygens (including phenoxy) is 1. The topological polar surface area (TPSA) is 53.9 Å². The highest BCUT2D eigenvalue weighted by molar-refractivity contribution is 5.71. The molecule has 0 bridgehead atoms. The molecule has 4 heteroatoms. The number of aliphatic hydroxyl groups excluding tert-OH is 1. The molecule has 0 amide bonds. The summed E-state index contributed by atoms with van der Waals surface area (Å²) in [6.07, 6.45) is 13.0. The fraction of sp³-hybridized carbons (Fsp3) is 0.500. The van der Waals surface area contributed by atoms with Crippen LogP contribution in [0.15, 0.2) is 53.3 Å². The van der Waals surface area contributed by atoms with Gasteiger partial charge in [0.25, 0.3) is 0 Å². The van der Waals surface area contributed by atoms with Crippen molar-refractivity contribution in [2.75, 3.05) is 19.8 Å². The fourth-order valence-corrected chi connectivity index (χ4v) is 2.07. The van der Waals surface area contributed by atoms with E-state index in [1.54, 1.807) is 12.3 Å². The minimum Gasteiger partial charge on any atom is -0.389 e. The number of hydrogen-bond acceptors (Lipinski definition) is 4. The van der Waals surface area contributed by atoms with Gasteiger partial charge in [0.1, 0.15) is 0 Å². The van der Waals surface area contributed by atoms with Crippen LogP contribution in [0.1, 0.15) is 26.7 Å². The van der Waals surface area contributed by atoms with Gasteiger partial charge in [-0.05, 0) is 31.1 Å². The average molecular weight is 304 g/mol. The van der Waals surface area contributed by atoms with Crippen molar-refractivity contribution < 1.29 is 9.84 Å². The van der Waals surface area contributed by atoms with E-state index in [1.807, 2.05) is 18.2 Å². The summed E-state index contributed by atoms with van der Waals surface area (Å²) in [5.41, 5.74) is 1.99. The molecule has 4 nitrogen and oxygen atoms in total. The van der Waals surface area contributed by atoms with Crippen molar-refractivity contribution in [2.24, 2.45) is 10.9 Å². The zero-order valence-corrected chi connectivity index (χ0v) is 13.7. The Balaban J connectivity index is 2.56.